The highest BCUT2D eigenvalue weighted by molar-refractivity contribution is 5.84. The van der Waals surface area contributed by atoms with Crippen LogP contribution in [0.2, 0.25) is 0 Å². The molecule has 1 heterocycles. The molecule has 9 heteroatoms. The summed E-state index contributed by atoms with van der Waals surface area (Å²) in [5.74, 6) is 0.598. The van der Waals surface area contributed by atoms with Gasteiger partial charge in [0.15, 0.2) is 5.96 Å². The van der Waals surface area contributed by atoms with Crippen molar-refractivity contribution in [3.05, 3.63) is 29.8 Å². The van der Waals surface area contributed by atoms with Gasteiger partial charge in [-0.2, -0.15) is 8.78 Å². The second-order valence-corrected chi connectivity index (χ2v) is 6.82. The Bertz CT molecular complexity index is 647. The standard InChI is InChI=1S/C19H28F2N4O3/c1-24(2)17(26)12-23-19(22-11-16-5-4-10-27-16)25(3)13-14-6-8-15(9-7-14)28-18(20)21/h6-9,16,18H,4-5,10-13H2,1-3H3,(H,22,23). The monoisotopic (exact) mass is 398 g/mol. The Morgan fingerprint density at radius 2 is 2.04 bits per heavy atom. The van der Waals surface area contributed by atoms with Crippen LogP contribution in [0, 0.1) is 0 Å². The van der Waals surface area contributed by atoms with Gasteiger partial charge in [-0.1, -0.05) is 12.1 Å². The Labute approximate surface area is 164 Å². The van der Waals surface area contributed by atoms with Crippen LogP contribution in [-0.4, -0.2) is 75.2 Å². The van der Waals surface area contributed by atoms with Gasteiger partial charge in [0.2, 0.25) is 5.91 Å². The molecule has 1 N–H and O–H groups in total. The number of benzene rings is 1. The van der Waals surface area contributed by atoms with Gasteiger partial charge in [-0.15, -0.1) is 0 Å². The van der Waals surface area contributed by atoms with Crippen LogP contribution in [0.5, 0.6) is 5.75 Å². The van der Waals surface area contributed by atoms with E-state index in [0.29, 0.717) is 19.0 Å². The highest BCUT2D eigenvalue weighted by Gasteiger charge is 2.17. The van der Waals surface area contributed by atoms with E-state index in [-0.39, 0.29) is 24.3 Å². The number of ether oxygens (including phenoxy) is 2. The molecule has 1 unspecified atom stereocenters. The average molecular weight is 398 g/mol. The van der Waals surface area contributed by atoms with Gasteiger partial charge in [0.05, 0.1) is 6.10 Å². The lowest BCUT2D eigenvalue weighted by molar-refractivity contribution is -0.127. The SMILES string of the molecule is CN(C)C(=O)CN=C(NCC1CCCO1)N(C)Cc1ccc(OC(F)F)cc1. The van der Waals surface area contributed by atoms with Gasteiger partial charge in [-0.25, -0.2) is 4.99 Å². The first-order chi connectivity index (χ1) is 13.3. The number of aliphatic imine (C=N–C) groups is 1. The molecule has 1 aromatic carbocycles. The molecule has 0 saturated carbocycles. The number of alkyl halides is 2. The minimum absolute atomic E-state index is 0.0341. The number of hydrogen-bond acceptors (Lipinski definition) is 4. The Hall–Kier alpha value is -2.42. The van der Waals surface area contributed by atoms with E-state index in [2.05, 4.69) is 15.0 Å². The van der Waals surface area contributed by atoms with Crippen molar-refractivity contribution in [2.24, 2.45) is 4.99 Å². The van der Waals surface area contributed by atoms with Crippen LogP contribution in [0.25, 0.3) is 0 Å². The van der Waals surface area contributed by atoms with Crippen molar-refractivity contribution < 1.29 is 23.0 Å². The summed E-state index contributed by atoms with van der Waals surface area (Å²) in [5, 5.41) is 3.27. The number of amides is 1. The second-order valence-electron chi connectivity index (χ2n) is 6.82. The molecule has 0 bridgehead atoms. The minimum Gasteiger partial charge on any atom is -0.435 e. The van der Waals surface area contributed by atoms with Crippen LogP contribution in [-0.2, 0) is 16.1 Å². The van der Waals surface area contributed by atoms with Crippen LogP contribution >= 0.6 is 0 Å². The number of halogens is 2. The highest BCUT2D eigenvalue weighted by atomic mass is 19.3. The first-order valence-electron chi connectivity index (χ1n) is 9.20. The third-order valence-electron chi connectivity index (χ3n) is 4.30. The van der Waals surface area contributed by atoms with Crippen LogP contribution in [0.1, 0.15) is 18.4 Å². The zero-order valence-electron chi connectivity index (χ0n) is 16.5. The van der Waals surface area contributed by atoms with Gasteiger partial charge in [0.1, 0.15) is 12.3 Å². The molecule has 1 fully saturated rings. The zero-order valence-corrected chi connectivity index (χ0v) is 16.5. The number of carbonyl (C=O) groups is 1. The summed E-state index contributed by atoms with van der Waals surface area (Å²) in [6, 6.07) is 6.44. The van der Waals surface area contributed by atoms with Crippen LogP contribution in [0.4, 0.5) is 8.78 Å². The highest BCUT2D eigenvalue weighted by Crippen LogP contribution is 2.16. The minimum atomic E-state index is -2.84. The third kappa shape index (κ3) is 7.30. The number of rotatable bonds is 8. The third-order valence-corrected chi connectivity index (χ3v) is 4.30. The van der Waals surface area contributed by atoms with Gasteiger partial charge in [-0.05, 0) is 30.5 Å². The van der Waals surface area contributed by atoms with Crippen molar-refractivity contribution in [3.8, 4) is 5.75 Å². The summed E-state index contributed by atoms with van der Waals surface area (Å²) in [7, 11) is 5.22. The topological polar surface area (TPSA) is 66.4 Å². The summed E-state index contributed by atoms with van der Waals surface area (Å²) < 4.78 is 34.5. The van der Waals surface area contributed by atoms with Crippen LogP contribution in [0.15, 0.2) is 29.3 Å². The molecule has 1 aromatic rings. The molecule has 1 atom stereocenters. The first-order valence-corrected chi connectivity index (χ1v) is 9.20. The first kappa shape index (κ1) is 21.9. The summed E-state index contributed by atoms with van der Waals surface area (Å²) in [4.78, 5) is 19.7. The lowest BCUT2D eigenvalue weighted by Gasteiger charge is -2.24. The van der Waals surface area contributed by atoms with Crippen molar-refractivity contribution >= 4 is 11.9 Å². The number of likely N-dealkylation sites (N-methyl/N-ethyl adjacent to an activating group) is 1. The van der Waals surface area contributed by atoms with E-state index in [0.717, 1.165) is 25.0 Å². The molecule has 1 amide bonds. The molecule has 1 aliphatic rings. The van der Waals surface area contributed by atoms with Crippen LogP contribution < -0.4 is 10.1 Å². The molecule has 2 rings (SSSR count). The van der Waals surface area contributed by atoms with E-state index in [4.69, 9.17) is 4.74 Å². The van der Waals surface area contributed by atoms with Gasteiger partial charge < -0.3 is 24.6 Å². The molecule has 28 heavy (non-hydrogen) atoms. The van der Waals surface area contributed by atoms with E-state index in [1.54, 1.807) is 26.2 Å². The van der Waals surface area contributed by atoms with Crippen molar-refractivity contribution in [2.45, 2.75) is 32.1 Å². The lowest BCUT2D eigenvalue weighted by Crippen LogP contribution is -2.42. The molecule has 156 valence electrons. The number of guanidine groups is 1. The van der Waals surface area contributed by atoms with Crippen molar-refractivity contribution in [1.29, 1.82) is 0 Å². The predicted molar refractivity (Wildman–Crippen MR) is 103 cm³/mol. The average Bonchev–Trinajstić information content (AvgIpc) is 3.16. The molecule has 1 saturated heterocycles. The molecule has 1 aliphatic heterocycles. The fourth-order valence-electron chi connectivity index (χ4n) is 2.73. The fraction of sp³-hybridized carbons (Fsp3) is 0.579. The van der Waals surface area contributed by atoms with Gasteiger partial charge >= 0.3 is 6.61 Å². The molecule has 0 spiro atoms. The largest absolute Gasteiger partial charge is 0.435 e. The molecule has 0 radical (unpaired) electrons. The van der Waals surface area contributed by atoms with Crippen LogP contribution in [0.3, 0.4) is 0 Å². The summed E-state index contributed by atoms with van der Waals surface area (Å²) in [6.07, 6.45) is 2.17. The molecule has 0 aromatic heterocycles. The zero-order chi connectivity index (χ0) is 20.5. The lowest BCUT2D eigenvalue weighted by atomic mass is 10.2. The van der Waals surface area contributed by atoms with E-state index in [1.807, 2.05) is 11.9 Å². The van der Waals surface area contributed by atoms with Gasteiger partial charge in [-0.3, -0.25) is 4.79 Å². The summed E-state index contributed by atoms with van der Waals surface area (Å²) in [6.45, 7) is -0.945. The normalized spacial score (nSPS) is 16.9. The molecular weight excluding hydrogens is 370 g/mol. The second kappa shape index (κ2) is 10.8. The smallest absolute Gasteiger partial charge is 0.387 e. The molecular formula is C19H28F2N4O3. The van der Waals surface area contributed by atoms with Crippen molar-refractivity contribution in [3.63, 3.8) is 0 Å². The van der Waals surface area contributed by atoms with Gasteiger partial charge in [0.25, 0.3) is 0 Å². The van der Waals surface area contributed by atoms with Gasteiger partial charge in [0, 0.05) is 40.8 Å². The van der Waals surface area contributed by atoms with Crippen molar-refractivity contribution in [2.75, 3.05) is 40.8 Å². The van der Waals surface area contributed by atoms with E-state index < -0.39 is 6.61 Å². The Balaban J connectivity index is 2.00. The Morgan fingerprint density at radius 1 is 1.32 bits per heavy atom. The maximum absolute atomic E-state index is 12.3. The number of hydrogen-bond donors (Lipinski definition) is 1. The van der Waals surface area contributed by atoms with Crippen molar-refractivity contribution in [1.82, 2.24) is 15.1 Å². The maximum Gasteiger partial charge on any atom is 0.387 e. The van der Waals surface area contributed by atoms with E-state index >= 15 is 0 Å². The Morgan fingerprint density at radius 3 is 2.61 bits per heavy atom. The predicted octanol–water partition coefficient (Wildman–Crippen LogP) is 1.93. The Kier molecular flexibility index (Phi) is 8.43. The number of nitrogens with one attached hydrogen (secondary N) is 1. The summed E-state index contributed by atoms with van der Waals surface area (Å²) in [5.41, 5.74) is 0.898. The van der Waals surface area contributed by atoms with E-state index in [1.165, 1.54) is 17.0 Å². The van der Waals surface area contributed by atoms with E-state index in [9.17, 15) is 13.6 Å². The fourth-order valence-corrected chi connectivity index (χ4v) is 2.73. The quantitative estimate of drug-likeness (QED) is 0.536. The molecule has 0 aliphatic carbocycles. The number of carbonyl (C=O) groups excluding carboxylic acids is 1. The maximum atomic E-state index is 12.3. The number of nitrogens with zero attached hydrogens (tertiary/aromatic N) is 3. The summed E-state index contributed by atoms with van der Waals surface area (Å²) >= 11 is 0. The molecule has 7 nitrogen and oxygen atoms in total.